The maximum Gasteiger partial charge on any atom is 0.240 e. The van der Waals surface area contributed by atoms with Gasteiger partial charge in [0.15, 0.2) is 0 Å². The maximum atomic E-state index is 14.1. The van der Waals surface area contributed by atoms with E-state index >= 15 is 0 Å². The number of nitrogens with one attached hydrogen (secondary N) is 1. The summed E-state index contributed by atoms with van der Waals surface area (Å²) in [7, 11) is 0. The molecule has 0 saturated heterocycles. The van der Waals surface area contributed by atoms with Gasteiger partial charge >= 0.3 is 0 Å². The highest BCUT2D eigenvalue weighted by Gasteiger charge is 2.36. The number of anilines is 1. The van der Waals surface area contributed by atoms with E-state index in [4.69, 9.17) is 11.5 Å². The highest BCUT2D eigenvalue weighted by Crippen LogP contribution is 2.33. The first-order valence-corrected chi connectivity index (χ1v) is 13.6. The molecule has 1 fully saturated rings. The number of primary amides is 1. The maximum absolute atomic E-state index is 14.1. The molecule has 2 aromatic carbocycles. The van der Waals surface area contributed by atoms with E-state index < -0.39 is 11.9 Å². The first-order valence-electron chi connectivity index (χ1n) is 13.6. The van der Waals surface area contributed by atoms with E-state index in [0.29, 0.717) is 24.0 Å². The summed E-state index contributed by atoms with van der Waals surface area (Å²) in [5.74, 6) is 0.0223. The molecule has 5 N–H and O–H groups in total. The van der Waals surface area contributed by atoms with Crippen molar-refractivity contribution in [3.8, 4) is 22.5 Å². The lowest BCUT2D eigenvalue weighted by Crippen LogP contribution is -2.52. The van der Waals surface area contributed by atoms with Crippen molar-refractivity contribution >= 4 is 29.9 Å². The number of nitrogens with two attached hydrogens (primary N) is 2. The number of H-pyrrole nitrogens is 1. The molecule has 41 heavy (non-hydrogen) atoms. The van der Waals surface area contributed by atoms with Gasteiger partial charge in [0.25, 0.3) is 0 Å². The monoisotopic (exact) mass is 574 g/mol. The molecule has 0 aliphatic heterocycles. The van der Waals surface area contributed by atoms with E-state index in [1.807, 2.05) is 67.7 Å². The van der Waals surface area contributed by atoms with Crippen LogP contribution in [0.5, 0.6) is 0 Å². The molecule has 1 aliphatic carbocycles. The highest BCUT2D eigenvalue weighted by atomic mass is 35.5. The van der Waals surface area contributed by atoms with Crippen LogP contribution in [0.25, 0.3) is 22.5 Å². The molecule has 1 saturated carbocycles. The number of aromatic nitrogens is 5. The van der Waals surface area contributed by atoms with Crippen LogP contribution in [-0.4, -0.2) is 50.0 Å². The summed E-state index contributed by atoms with van der Waals surface area (Å²) in [6.45, 7) is 2.64. The third-order valence-corrected chi connectivity index (χ3v) is 7.84. The van der Waals surface area contributed by atoms with Crippen LogP contribution in [0.1, 0.15) is 36.8 Å². The van der Waals surface area contributed by atoms with Crippen LogP contribution in [0, 0.1) is 18.8 Å². The van der Waals surface area contributed by atoms with Crippen molar-refractivity contribution in [2.45, 2.75) is 45.1 Å². The zero-order chi connectivity index (χ0) is 28.1. The number of tetrazole rings is 1. The first-order chi connectivity index (χ1) is 19.4. The molecule has 10 nitrogen and oxygen atoms in total. The van der Waals surface area contributed by atoms with E-state index in [2.05, 4.69) is 25.6 Å². The normalized spacial score (nSPS) is 17.3. The summed E-state index contributed by atoms with van der Waals surface area (Å²) in [4.78, 5) is 32.9. The van der Waals surface area contributed by atoms with Crippen molar-refractivity contribution in [1.29, 1.82) is 0 Å². The van der Waals surface area contributed by atoms with Crippen molar-refractivity contribution in [3.05, 3.63) is 78.1 Å². The largest absolute Gasteiger partial charge is 0.368 e. The molecule has 0 unspecified atom stereocenters. The Balaban J connectivity index is 0.00000387. The van der Waals surface area contributed by atoms with Gasteiger partial charge in [-0.3, -0.25) is 19.5 Å². The van der Waals surface area contributed by atoms with Crippen LogP contribution in [0.2, 0.25) is 0 Å². The number of halogens is 1. The van der Waals surface area contributed by atoms with Crippen LogP contribution in [0.3, 0.4) is 0 Å². The number of rotatable bonds is 9. The molecular weight excluding hydrogens is 540 g/mol. The van der Waals surface area contributed by atoms with Crippen molar-refractivity contribution in [2.75, 3.05) is 11.4 Å². The molecule has 0 radical (unpaired) electrons. The SMILES string of the molecule is Cc1cnccc1-c1cccc(C[C@@H](C(N)=O)N(C(=O)C2CCC(CN)CC2)c2ccc(-c3nn[nH]n3)cc2)c1.Cl. The van der Waals surface area contributed by atoms with Crippen LogP contribution >= 0.6 is 12.4 Å². The number of pyridine rings is 1. The number of benzene rings is 2. The Morgan fingerprint density at radius 1 is 1.05 bits per heavy atom. The van der Waals surface area contributed by atoms with Crippen LogP contribution in [0.4, 0.5) is 5.69 Å². The molecule has 2 aromatic heterocycles. The van der Waals surface area contributed by atoms with Crippen molar-refractivity contribution in [1.82, 2.24) is 25.6 Å². The fourth-order valence-electron chi connectivity index (χ4n) is 5.56. The number of carbonyl (C=O) groups excluding carboxylic acids is 2. The van der Waals surface area contributed by atoms with Gasteiger partial charge in [-0.25, -0.2) is 0 Å². The quantitative estimate of drug-likeness (QED) is 0.274. The number of hydrogen-bond acceptors (Lipinski definition) is 7. The van der Waals surface area contributed by atoms with Crippen molar-refractivity contribution in [3.63, 3.8) is 0 Å². The third kappa shape index (κ3) is 6.78. The summed E-state index contributed by atoms with van der Waals surface area (Å²) < 4.78 is 0. The number of nitrogens with zero attached hydrogens (tertiary/aromatic N) is 5. The minimum atomic E-state index is -0.871. The fraction of sp³-hybridized carbons (Fsp3) is 0.333. The molecule has 1 aliphatic rings. The molecule has 2 heterocycles. The number of aromatic amines is 1. The Morgan fingerprint density at radius 2 is 1.80 bits per heavy atom. The van der Waals surface area contributed by atoms with Gasteiger partial charge in [0, 0.05) is 36.0 Å². The summed E-state index contributed by atoms with van der Waals surface area (Å²) in [5, 5.41) is 14.1. The summed E-state index contributed by atoms with van der Waals surface area (Å²) in [6, 6.07) is 16.3. The molecule has 0 bridgehead atoms. The van der Waals surface area contributed by atoms with Gasteiger partial charge in [-0.2, -0.15) is 5.21 Å². The highest BCUT2D eigenvalue weighted by molar-refractivity contribution is 6.01. The lowest BCUT2D eigenvalue weighted by Gasteiger charge is -2.35. The molecule has 214 valence electrons. The summed E-state index contributed by atoms with van der Waals surface area (Å²) in [5.41, 5.74) is 17.3. The molecule has 1 atom stereocenters. The minimum absolute atomic E-state index is 0. The molecule has 4 aromatic rings. The molecule has 0 spiro atoms. The standard InChI is InChI=1S/C30H34N8O2.ClH/c1-19-18-33-14-13-26(19)24-4-2-3-21(15-24)16-27(28(32)39)38(30(40)23-7-5-20(17-31)6-8-23)25-11-9-22(10-12-25)29-34-36-37-35-29;/h2-4,9-15,18,20,23,27H,5-8,16-17,31H2,1H3,(H2,32,39)(H,34,35,36,37);1H/t20?,23?,27-;/m0./s1. The zero-order valence-electron chi connectivity index (χ0n) is 22.9. The second-order valence-electron chi connectivity index (χ2n) is 10.5. The Hall–Kier alpha value is -4.15. The van der Waals surface area contributed by atoms with E-state index in [1.54, 1.807) is 11.1 Å². The zero-order valence-corrected chi connectivity index (χ0v) is 23.8. The number of aryl methyl sites for hydroxylation is 1. The van der Waals surface area contributed by atoms with Gasteiger partial charge in [0.2, 0.25) is 17.6 Å². The summed E-state index contributed by atoms with van der Waals surface area (Å²) >= 11 is 0. The van der Waals surface area contributed by atoms with Gasteiger partial charge in [-0.1, -0.05) is 24.3 Å². The lowest BCUT2D eigenvalue weighted by molar-refractivity contribution is -0.127. The van der Waals surface area contributed by atoms with E-state index in [1.165, 1.54) is 0 Å². The summed E-state index contributed by atoms with van der Waals surface area (Å²) in [6.07, 6.45) is 7.13. The second-order valence-corrected chi connectivity index (χ2v) is 10.5. The van der Waals surface area contributed by atoms with Gasteiger partial charge in [0.05, 0.1) is 0 Å². The smallest absolute Gasteiger partial charge is 0.240 e. The van der Waals surface area contributed by atoms with Crippen LogP contribution < -0.4 is 16.4 Å². The Labute approximate surface area is 245 Å². The number of carbonyl (C=O) groups is 2. The number of amides is 2. The van der Waals surface area contributed by atoms with Gasteiger partial charge in [-0.05, 0) is 103 Å². The van der Waals surface area contributed by atoms with Crippen molar-refractivity contribution in [2.24, 2.45) is 23.3 Å². The Kier molecular flexibility index (Phi) is 9.80. The second kappa shape index (κ2) is 13.5. The van der Waals surface area contributed by atoms with Gasteiger partial charge in [0.1, 0.15) is 6.04 Å². The molecule has 2 amide bonds. The number of hydrogen-bond donors (Lipinski definition) is 3. The average Bonchev–Trinajstić information content (AvgIpc) is 3.53. The van der Waals surface area contributed by atoms with Gasteiger partial charge < -0.3 is 11.5 Å². The topological polar surface area (TPSA) is 157 Å². The van der Waals surface area contributed by atoms with Crippen LogP contribution in [0.15, 0.2) is 67.0 Å². The third-order valence-electron chi connectivity index (χ3n) is 7.84. The van der Waals surface area contributed by atoms with E-state index in [-0.39, 0.29) is 30.7 Å². The predicted molar refractivity (Wildman–Crippen MR) is 160 cm³/mol. The van der Waals surface area contributed by atoms with E-state index in [0.717, 1.165) is 53.5 Å². The predicted octanol–water partition coefficient (Wildman–Crippen LogP) is 3.85. The van der Waals surface area contributed by atoms with Crippen molar-refractivity contribution < 1.29 is 9.59 Å². The van der Waals surface area contributed by atoms with Gasteiger partial charge in [-0.15, -0.1) is 22.6 Å². The molecular formula is C30H35ClN8O2. The average molecular weight is 575 g/mol. The lowest BCUT2D eigenvalue weighted by atomic mass is 9.81. The molecule has 11 heteroatoms. The Bertz CT molecular complexity index is 1450. The van der Waals surface area contributed by atoms with Crippen LogP contribution in [-0.2, 0) is 16.0 Å². The van der Waals surface area contributed by atoms with E-state index in [9.17, 15) is 9.59 Å². The minimum Gasteiger partial charge on any atom is -0.368 e. The fourth-order valence-corrected chi connectivity index (χ4v) is 5.56. The Morgan fingerprint density at radius 3 is 2.44 bits per heavy atom. The molecule has 5 rings (SSSR count). The first kappa shape index (κ1) is 29.8.